The van der Waals surface area contributed by atoms with Crippen LogP contribution in [-0.4, -0.2) is 27.4 Å². The maximum Gasteiger partial charge on any atom is 0.246 e. The molecule has 0 bridgehead atoms. The number of thiophene rings is 1. The number of carbonyl (C=O) groups excluding carboxylic acids is 1. The van der Waals surface area contributed by atoms with Gasteiger partial charge in [0, 0.05) is 52.6 Å². The Labute approximate surface area is 148 Å². The molecular weight excluding hydrogens is 339 g/mol. The smallest absolute Gasteiger partial charge is 0.246 e. The van der Waals surface area contributed by atoms with Crippen LogP contribution in [-0.2, 0) is 24.4 Å². The lowest BCUT2D eigenvalue weighted by molar-refractivity contribution is -0.126. The summed E-state index contributed by atoms with van der Waals surface area (Å²) in [6.45, 7) is 1.12. The second-order valence-corrected chi connectivity index (χ2v) is 7.07. The van der Waals surface area contributed by atoms with E-state index < -0.39 is 0 Å². The number of aromatic nitrogens is 1. The van der Waals surface area contributed by atoms with Gasteiger partial charge in [0.1, 0.15) is 5.82 Å². The van der Waals surface area contributed by atoms with Crippen LogP contribution in [0.15, 0.2) is 35.7 Å². The minimum absolute atomic E-state index is 0.00428. The first kappa shape index (κ1) is 16.1. The molecule has 0 saturated carbocycles. The van der Waals surface area contributed by atoms with Crippen LogP contribution in [0.5, 0.6) is 0 Å². The van der Waals surface area contributed by atoms with Crippen LogP contribution in [0.3, 0.4) is 0 Å². The van der Waals surface area contributed by atoms with E-state index in [4.69, 9.17) is 5.11 Å². The molecule has 0 aliphatic carbocycles. The Morgan fingerprint density at radius 2 is 2.28 bits per heavy atom. The van der Waals surface area contributed by atoms with Crippen LogP contribution in [0.25, 0.3) is 17.0 Å². The zero-order chi connectivity index (χ0) is 17.4. The molecule has 1 amide bonds. The first-order valence-corrected chi connectivity index (χ1v) is 8.96. The maximum atomic E-state index is 13.6. The molecular formula is C19H17FN2O2S. The number of aromatic amines is 1. The Bertz CT molecular complexity index is 973. The molecule has 2 aromatic heterocycles. The number of nitrogens with one attached hydrogen (secondary N) is 1. The average molecular weight is 356 g/mol. The fraction of sp³-hybridized carbons (Fsp3) is 0.211. The molecule has 0 fully saturated rings. The van der Waals surface area contributed by atoms with Crippen molar-refractivity contribution in [3.63, 3.8) is 0 Å². The number of aliphatic hydroxyl groups is 1. The first-order chi connectivity index (χ1) is 12.1. The molecule has 4 nitrogen and oxygen atoms in total. The molecule has 3 heterocycles. The van der Waals surface area contributed by atoms with Gasteiger partial charge >= 0.3 is 0 Å². The van der Waals surface area contributed by atoms with Gasteiger partial charge < -0.3 is 15.0 Å². The molecule has 0 atom stereocenters. The summed E-state index contributed by atoms with van der Waals surface area (Å²) >= 11 is 1.49. The van der Waals surface area contributed by atoms with E-state index in [1.165, 1.54) is 23.5 Å². The van der Waals surface area contributed by atoms with Gasteiger partial charge in [0.2, 0.25) is 5.91 Å². The number of fused-ring (bicyclic) bond motifs is 3. The molecule has 1 aliphatic rings. The quantitative estimate of drug-likeness (QED) is 0.706. The summed E-state index contributed by atoms with van der Waals surface area (Å²) in [6, 6.07) is 6.57. The van der Waals surface area contributed by atoms with Crippen molar-refractivity contribution in [2.24, 2.45) is 0 Å². The van der Waals surface area contributed by atoms with E-state index in [2.05, 4.69) is 4.98 Å². The van der Waals surface area contributed by atoms with Crippen LogP contribution in [0, 0.1) is 5.82 Å². The van der Waals surface area contributed by atoms with Crippen LogP contribution >= 0.6 is 11.3 Å². The fourth-order valence-electron chi connectivity index (χ4n) is 3.20. The van der Waals surface area contributed by atoms with E-state index in [1.807, 2.05) is 11.4 Å². The normalized spacial score (nSPS) is 14.4. The number of nitrogens with zero attached hydrogens (tertiary/aromatic N) is 1. The molecule has 128 valence electrons. The summed E-state index contributed by atoms with van der Waals surface area (Å²) in [5, 5.41) is 11.8. The molecule has 2 N–H and O–H groups in total. The van der Waals surface area contributed by atoms with Crippen molar-refractivity contribution in [2.75, 3.05) is 6.54 Å². The van der Waals surface area contributed by atoms with E-state index in [9.17, 15) is 9.18 Å². The van der Waals surface area contributed by atoms with Gasteiger partial charge in [0.15, 0.2) is 0 Å². The lowest BCUT2D eigenvalue weighted by Crippen LogP contribution is -2.34. The predicted octanol–water partition coefficient (Wildman–Crippen LogP) is 3.46. The highest BCUT2D eigenvalue weighted by molar-refractivity contribution is 7.11. The fourth-order valence-corrected chi connectivity index (χ4v) is 3.99. The monoisotopic (exact) mass is 356 g/mol. The molecule has 25 heavy (non-hydrogen) atoms. The third-order valence-corrected chi connectivity index (χ3v) is 5.44. The van der Waals surface area contributed by atoms with Gasteiger partial charge in [-0.15, -0.1) is 11.3 Å². The molecule has 0 saturated heterocycles. The molecule has 1 aromatic carbocycles. The minimum Gasteiger partial charge on any atom is -0.392 e. The van der Waals surface area contributed by atoms with Gasteiger partial charge in [-0.3, -0.25) is 4.79 Å². The standard InChI is InChI=1S/C19H17FN2O2S/c20-13-1-3-17-15(8-13)16-9-22(6-5-18(16)21-17)19(24)4-2-14-7-12(10-23)11-25-14/h1-4,7-8,11,21,23H,5-6,9-10H2/b4-2+. The molecule has 0 radical (unpaired) electrons. The Balaban J connectivity index is 1.54. The van der Waals surface area contributed by atoms with E-state index in [-0.39, 0.29) is 18.3 Å². The van der Waals surface area contributed by atoms with E-state index in [0.717, 1.165) is 39.0 Å². The molecule has 0 spiro atoms. The van der Waals surface area contributed by atoms with Crippen molar-refractivity contribution in [3.05, 3.63) is 63.2 Å². The van der Waals surface area contributed by atoms with Crippen molar-refractivity contribution in [2.45, 2.75) is 19.6 Å². The van der Waals surface area contributed by atoms with Crippen molar-refractivity contribution < 1.29 is 14.3 Å². The highest BCUT2D eigenvalue weighted by Crippen LogP contribution is 2.28. The van der Waals surface area contributed by atoms with Crippen molar-refractivity contribution in [1.82, 2.24) is 9.88 Å². The number of hydrogen-bond acceptors (Lipinski definition) is 3. The number of H-pyrrole nitrogens is 1. The van der Waals surface area contributed by atoms with Crippen molar-refractivity contribution in [1.29, 1.82) is 0 Å². The van der Waals surface area contributed by atoms with Gasteiger partial charge in [0.05, 0.1) is 6.61 Å². The number of hydrogen-bond donors (Lipinski definition) is 2. The largest absolute Gasteiger partial charge is 0.392 e. The first-order valence-electron chi connectivity index (χ1n) is 8.08. The Hall–Kier alpha value is -2.44. The van der Waals surface area contributed by atoms with Gasteiger partial charge in [0.25, 0.3) is 0 Å². The van der Waals surface area contributed by atoms with Crippen LogP contribution < -0.4 is 0 Å². The van der Waals surface area contributed by atoms with Crippen LogP contribution in [0.4, 0.5) is 4.39 Å². The SMILES string of the molecule is O=C(/C=C/c1cc(CO)cs1)N1CCc2[nH]c3ccc(F)cc3c2C1. The molecule has 0 unspecified atom stereocenters. The lowest BCUT2D eigenvalue weighted by Gasteiger charge is -2.26. The van der Waals surface area contributed by atoms with Crippen molar-refractivity contribution >= 4 is 34.2 Å². The highest BCUT2D eigenvalue weighted by Gasteiger charge is 2.23. The second-order valence-electron chi connectivity index (χ2n) is 6.13. The number of aliphatic hydroxyl groups excluding tert-OH is 1. The molecule has 4 rings (SSSR count). The number of amides is 1. The summed E-state index contributed by atoms with van der Waals surface area (Å²) < 4.78 is 13.6. The summed E-state index contributed by atoms with van der Waals surface area (Å²) in [4.78, 5) is 18.5. The van der Waals surface area contributed by atoms with Crippen molar-refractivity contribution in [3.8, 4) is 0 Å². The summed E-state index contributed by atoms with van der Waals surface area (Å²) in [5.41, 5.74) is 3.84. The highest BCUT2D eigenvalue weighted by atomic mass is 32.1. The van der Waals surface area contributed by atoms with Gasteiger partial charge in [-0.1, -0.05) is 0 Å². The van der Waals surface area contributed by atoms with Gasteiger partial charge in [-0.25, -0.2) is 4.39 Å². The molecule has 3 aromatic rings. The minimum atomic E-state index is -0.268. The van der Waals surface area contributed by atoms with E-state index in [0.29, 0.717) is 13.1 Å². The summed E-state index contributed by atoms with van der Waals surface area (Å²) in [6.07, 6.45) is 4.07. The summed E-state index contributed by atoms with van der Waals surface area (Å²) in [5.74, 6) is -0.328. The van der Waals surface area contributed by atoms with E-state index >= 15 is 0 Å². The molecule has 1 aliphatic heterocycles. The van der Waals surface area contributed by atoms with Gasteiger partial charge in [-0.05, 0) is 41.3 Å². The molecule has 6 heteroatoms. The Kier molecular flexibility index (Phi) is 4.15. The second kappa shape index (κ2) is 6.46. The van der Waals surface area contributed by atoms with Crippen LogP contribution in [0.1, 0.15) is 21.7 Å². The maximum absolute atomic E-state index is 13.6. The third kappa shape index (κ3) is 3.10. The lowest BCUT2D eigenvalue weighted by atomic mass is 10.0. The number of halogens is 1. The third-order valence-electron chi connectivity index (χ3n) is 4.50. The summed E-state index contributed by atoms with van der Waals surface area (Å²) in [7, 11) is 0. The Morgan fingerprint density at radius 1 is 1.40 bits per heavy atom. The van der Waals surface area contributed by atoms with Crippen LogP contribution in [0.2, 0.25) is 0 Å². The van der Waals surface area contributed by atoms with E-state index in [1.54, 1.807) is 23.1 Å². The zero-order valence-corrected chi connectivity index (χ0v) is 14.3. The number of carbonyl (C=O) groups is 1. The number of rotatable bonds is 3. The Morgan fingerprint density at radius 3 is 3.08 bits per heavy atom. The topological polar surface area (TPSA) is 56.3 Å². The predicted molar refractivity (Wildman–Crippen MR) is 96.7 cm³/mol. The van der Waals surface area contributed by atoms with Gasteiger partial charge in [-0.2, -0.15) is 0 Å². The average Bonchev–Trinajstić information content (AvgIpc) is 3.23. The number of benzene rings is 1. The zero-order valence-electron chi connectivity index (χ0n) is 13.5.